The molecule has 7 heteroatoms. The first kappa shape index (κ1) is 16.9. The van der Waals surface area contributed by atoms with E-state index in [0.29, 0.717) is 36.8 Å². The molecule has 0 aromatic carbocycles. The monoisotopic (exact) mass is 356 g/mol. The van der Waals surface area contributed by atoms with Gasteiger partial charge in [0, 0.05) is 32.1 Å². The third-order valence-electron chi connectivity index (χ3n) is 4.81. The molecule has 0 radical (unpaired) electrons. The third-order valence-corrected chi connectivity index (χ3v) is 8.08. The van der Waals surface area contributed by atoms with Crippen molar-refractivity contribution in [3.63, 3.8) is 0 Å². The van der Waals surface area contributed by atoms with E-state index in [2.05, 4.69) is 0 Å². The Bertz CT molecular complexity index is 622. The third kappa shape index (κ3) is 3.78. The van der Waals surface area contributed by atoms with E-state index in [9.17, 15) is 13.2 Å². The first-order valence-electron chi connectivity index (χ1n) is 8.41. The van der Waals surface area contributed by atoms with Crippen LogP contribution < -0.4 is 0 Å². The Morgan fingerprint density at radius 1 is 1.04 bits per heavy atom. The molecule has 1 aliphatic heterocycles. The molecular formula is C16H24N2O3S2. The second-order valence-corrected chi connectivity index (χ2v) is 9.46. The van der Waals surface area contributed by atoms with Gasteiger partial charge in [0.1, 0.15) is 4.21 Å². The Hall–Kier alpha value is -0.920. The van der Waals surface area contributed by atoms with E-state index in [1.807, 2.05) is 4.90 Å². The average molecular weight is 357 g/mol. The van der Waals surface area contributed by atoms with Gasteiger partial charge in [-0.1, -0.05) is 25.3 Å². The number of hydrogen-bond donors (Lipinski definition) is 0. The number of carbonyl (C=O) groups excluding carboxylic acids is 1. The summed E-state index contributed by atoms with van der Waals surface area (Å²) < 4.78 is 27.2. The number of thiophene rings is 1. The van der Waals surface area contributed by atoms with E-state index in [1.165, 1.54) is 22.1 Å². The van der Waals surface area contributed by atoms with Crippen LogP contribution in [0.4, 0.5) is 0 Å². The van der Waals surface area contributed by atoms with E-state index in [4.69, 9.17) is 0 Å². The van der Waals surface area contributed by atoms with Crippen molar-refractivity contribution in [1.29, 1.82) is 0 Å². The molecule has 1 aromatic rings. The van der Waals surface area contributed by atoms with Crippen LogP contribution in [0.2, 0.25) is 0 Å². The number of nitrogens with zero attached hydrogens (tertiary/aromatic N) is 2. The first-order chi connectivity index (χ1) is 11.1. The van der Waals surface area contributed by atoms with Gasteiger partial charge in [0.25, 0.3) is 10.0 Å². The quantitative estimate of drug-likeness (QED) is 0.836. The molecule has 1 aliphatic carbocycles. The van der Waals surface area contributed by atoms with Gasteiger partial charge < -0.3 is 4.90 Å². The minimum absolute atomic E-state index is 0.157. The zero-order chi connectivity index (χ0) is 16.3. The molecule has 2 heterocycles. The summed E-state index contributed by atoms with van der Waals surface area (Å²) in [5.41, 5.74) is 0. The van der Waals surface area contributed by atoms with Gasteiger partial charge in [0.15, 0.2) is 0 Å². The summed E-state index contributed by atoms with van der Waals surface area (Å²) in [5.74, 6) is 0.393. The SMILES string of the molecule is O=C(C1CCCCC1)N1CCCN(S(=O)(=O)c2cccs2)CC1. The Kier molecular flexibility index (Phi) is 5.38. The minimum atomic E-state index is -3.40. The molecule has 0 unspecified atom stereocenters. The Labute approximate surface area is 142 Å². The number of sulfonamides is 1. The van der Waals surface area contributed by atoms with Gasteiger partial charge in [-0.2, -0.15) is 4.31 Å². The van der Waals surface area contributed by atoms with Crippen LogP contribution in [-0.2, 0) is 14.8 Å². The number of hydrogen-bond acceptors (Lipinski definition) is 4. The predicted octanol–water partition coefficient (Wildman–Crippen LogP) is 2.55. The topological polar surface area (TPSA) is 57.7 Å². The molecule has 5 nitrogen and oxygen atoms in total. The zero-order valence-electron chi connectivity index (χ0n) is 13.3. The smallest absolute Gasteiger partial charge is 0.252 e. The summed E-state index contributed by atoms with van der Waals surface area (Å²) in [6.07, 6.45) is 6.21. The van der Waals surface area contributed by atoms with Crippen LogP contribution in [-0.4, -0.2) is 49.7 Å². The fraction of sp³-hybridized carbons (Fsp3) is 0.688. The van der Waals surface area contributed by atoms with Crippen LogP contribution >= 0.6 is 11.3 Å². The molecule has 128 valence electrons. The fourth-order valence-corrected chi connectivity index (χ4v) is 6.11. The lowest BCUT2D eigenvalue weighted by molar-refractivity contribution is -0.136. The molecule has 23 heavy (non-hydrogen) atoms. The lowest BCUT2D eigenvalue weighted by atomic mass is 9.88. The van der Waals surface area contributed by atoms with E-state index >= 15 is 0 Å². The standard InChI is InChI=1S/C16H24N2O3S2/c19-16(14-6-2-1-3-7-14)17-9-5-10-18(12-11-17)23(20,21)15-8-4-13-22-15/h4,8,13-14H,1-3,5-7,9-12H2. The van der Waals surface area contributed by atoms with E-state index in [-0.39, 0.29) is 11.8 Å². The maximum Gasteiger partial charge on any atom is 0.252 e. The molecule has 0 N–H and O–H groups in total. The molecule has 2 aliphatic rings. The molecule has 0 spiro atoms. The number of rotatable bonds is 3. The average Bonchev–Trinajstić information content (AvgIpc) is 3.00. The van der Waals surface area contributed by atoms with Crippen molar-refractivity contribution in [2.75, 3.05) is 26.2 Å². The molecule has 1 amide bonds. The second-order valence-electron chi connectivity index (χ2n) is 6.35. The maximum absolute atomic E-state index is 12.7. The maximum atomic E-state index is 12.7. The molecule has 1 saturated heterocycles. The van der Waals surface area contributed by atoms with Crippen LogP contribution in [0.3, 0.4) is 0 Å². The van der Waals surface area contributed by atoms with E-state index in [0.717, 1.165) is 25.7 Å². The number of carbonyl (C=O) groups is 1. The summed E-state index contributed by atoms with van der Waals surface area (Å²) in [4.78, 5) is 14.5. The highest BCUT2D eigenvalue weighted by Gasteiger charge is 2.31. The van der Waals surface area contributed by atoms with Crippen molar-refractivity contribution in [1.82, 2.24) is 9.21 Å². The Morgan fingerprint density at radius 2 is 1.83 bits per heavy atom. The zero-order valence-corrected chi connectivity index (χ0v) is 14.9. The lowest BCUT2D eigenvalue weighted by Crippen LogP contribution is -2.40. The molecule has 1 saturated carbocycles. The molecule has 3 rings (SSSR count). The van der Waals surface area contributed by atoms with Crippen LogP contribution in [0, 0.1) is 5.92 Å². The summed E-state index contributed by atoms with van der Waals surface area (Å²) in [6, 6.07) is 3.41. The van der Waals surface area contributed by atoms with Gasteiger partial charge >= 0.3 is 0 Å². The minimum Gasteiger partial charge on any atom is -0.341 e. The van der Waals surface area contributed by atoms with Gasteiger partial charge in [0.05, 0.1) is 0 Å². The van der Waals surface area contributed by atoms with Crippen LogP contribution in [0.5, 0.6) is 0 Å². The number of amides is 1. The van der Waals surface area contributed by atoms with Crippen molar-refractivity contribution in [2.24, 2.45) is 5.92 Å². The van der Waals surface area contributed by atoms with Crippen molar-refractivity contribution < 1.29 is 13.2 Å². The van der Waals surface area contributed by atoms with Gasteiger partial charge in [-0.3, -0.25) is 4.79 Å². The van der Waals surface area contributed by atoms with Crippen molar-refractivity contribution >= 4 is 27.3 Å². The van der Waals surface area contributed by atoms with Gasteiger partial charge in [0.2, 0.25) is 5.91 Å². The highest BCUT2D eigenvalue weighted by molar-refractivity contribution is 7.91. The Balaban J connectivity index is 1.64. The van der Waals surface area contributed by atoms with Crippen LogP contribution in [0.15, 0.2) is 21.7 Å². The van der Waals surface area contributed by atoms with Gasteiger partial charge in [-0.25, -0.2) is 8.42 Å². The summed E-state index contributed by atoms with van der Waals surface area (Å²) >= 11 is 1.25. The first-order valence-corrected chi connectivity index (χ1v) is 10.7. The summed E-state index contributed by atoms with van der Waals surface area (Å²) in [7, 11) is -3.40. The Morgan fingerprint density at radius 3 is 2.52 bits per heavy atom. The summed E-state index contributed by atoms with van der Waals surface area (Å²) in [5, 5.41) is 1.78. The molecule has 0 bridgehead atoms. The highest BCUT2D eigenvalue weighted by atomic mass is 32.2. The van der Waals surface area contributed by atoms with E-state index < -0.39 is 10.0 Å². The molecule has 0 atom stereocenters. The lowest BCUT2D eigenvalue weighted by Gasteiger charge is -2.28. The van der Waals surface area contributed by atoms with Gasteiger partial charge in [-0.05, 0) is 30.7 Å². The molecule has 1 aromatic heterocycles. The highest BCUT2D eigenvalue weighted by Crippen LogP contribution is 2.27. The largest absolute Gasteiger partial charge is 0.341 e. The van der Waals surface area contributed by atoms with Crippen molar-refractivity contribution in [2.45, 2.75) is 42.7 Å². The van der Waals surface area contributed by atoms with E-state index in [1.54, 1.807) is 17.5 Å². The van der Waals surface area contributed by atoms with Gasteiger partial charge in [-0.15, -0.1) is 11.3 Å². The van der Waals surface area contributed by atoms with Crippen LogP contribution in [0.1, 0.15) is 38.5 Å². The normalized spacial score (nSPS) is 22.0. The molecular weight excluding hydrogens is 332 g/mol. The predicted molar refractivity (Wildman–Crippen MR) is 90.8 cm³/mol. The second kappa shape index (κ2) is 7.32. The summed E-state index contributed by atoms with van der Waals surface area (Å²) in [6.45, 7) is 2.08. The van der Waals surface area contributed by atoms with Crippen LogP contribution in [0.25, 0.3) is 0 Å². The van der Waals surface area contributed by atoms with Crippen molar-refractivity contribution in [3.05, 3.63) is 17.5 Å². The molecule has 2 fully saturated rings. The fourth-order valence-electron chi connectivity index (χ4n) is 3.50. The van der Waals surface area contributed by atoms with Crippen molar-refractivity contribution in [3.8, 4) is 0 Å².